The molecule has 10 heteroatoms. The lowest BCUT2D eigenvalue weighted by Crippen LogP contribution is -2.29. The van der Waals surface area contributed by atoms with Gasteiger partial charge in [0.1, 0.15) is 6.61 Å². The summed E-state index contributed by atoms with van der Waals surface area (Å²) in [5.74, 6) is -0.950. The fourth-order valence-corrected chi connectivity index (χ4v) is 6.02. The SMILES string of the molecule is CC/C=C\C/C=C\C/C=C\C/C=C\C/C=C\CCCCCC(=O)OC(COC(=O)CC/C=C\C/C=C\C/C=C\C/C=C\C/C=C\CCCCC)COP(=O)(O)OCCN(C)C. The summed E-state index contributed by atoms with van der Waals surface area (Å²) >= 11 is 0. The predicted octanol–water partition coefficient (Wildman–Crippen LogP) is 13.5. The van der Waals surface area contributed by atoms with Gasteiger partial charge in [0.2, 0.25) is 0 Å². The second-order valence-corrected chi connectivity index (χ2v) is 16.3. The number of esters is 2. The molecular weight excluding hydrogens is 786 g/mol. The molecule has 1 N–H and O–H groups in total. The average molecular weight is 868 g/mol. The minimum absolute atomic E-state index is 0.0181. The van der Waals surface area contributed by atoms with Crippen molar-refractivity contribution in [2.45, 2.75) is 148 Å². The molecule has 0 bridgehead atoms. The molecule has 0 saturated carbocycles. The van der Waals surface area contributed by atoms with Crippen LogP contribution in [0, 0.1) is 0 Å². The monoisotopic (exact) mass is 868 g/mol. The topological polar surface area (TPSA) is 112 Å². The van der Waals surface area contributed by atoms with Crippen molar-refractivity contribution < 1.29 is 37.6 Å². The lowest BCUT2D eigenvalue weighted by Gasteiger charge is -2.20. The third kappa shape index (κ3) is 45.8. The Labute approximate surface area is 371 Å². The molecule has 2 atom stereocenters. The van der Waals surface area contributed by atoms with Crippen LogP contribution in [-0.2, 0) is 32.7 Å². The normalized spacial score (nSPS) is 14.5. The molecule has 0 saturated heterocycles. The van der Waals surface area contributed by atoms with E-state index < -0.39 is 32.5 Å². The van der Waals surface area contributed by atoms with Crippen molar-refractivity contribution in [2.24, 2.45) is 0 Å². The number of rotatable bonds is 40. The molecule has 0 aromatic heterocycles. The predicted molar refractivity (Wildman–Crippen MR) is 256 cm³/mol. The first-order valence-corrected chi connectivity index (χ1v) is 24.3. The third-order valence-electron chi connectivity index (χ3n) is 8.77. The zero-order valence-corrected chi connectivity index (χ0v) is 39.2. The van der Waals surface area contributed by atoms with E-state index in [4.69, 9.17) is 18.5 Å². The number of unbranched alkanes of at least 4 members (excludes halogenated alkanes) is 6. The largest absolute Gasteiger partial charge is 0.472 e. The van der Waals surface area contributed by atoms with E-state index in [1.54, 1.807) is 4.90 Å². The first kappa shape index (κ1) is 57.4. The summed E-state index contributed by atoms with van der Waals surface area (Å²) in [5, 5.41) is 0. The summed E-state index contributed by atoms with van der Waals surface area (Å²) in [6.45, 7) is 4.02. The summed E-state index contributed by atoms with van der Waals surface area (Å²) in [4.78, 5) is 37.0. The number of phosphoric ester groups is 1. The van der Waals surface area contributed by atoms with Crippen LogP contribution in [0.15, 0.2) is 122 Å². The highest BCUT2D eigenvalue weighted by atomic mass is 31.2. The van der Waals surface area contributed by atoms with Gasteiger partial charge in [-0.3, -0.25) is 18.6 Å². The molecular formula is C51H82NO8P. The highest BCUT2D eigenvalue weighted by Gasteiger charge is 2.26. The molecule has 0 spiro atoms. The molecule has 0 aromatic rings. The van der Waals surface area contributed by atoms with Crippen molar-refractivity contribution in [1.82, 2.24) is 4.90 Å². The number of hydrogen-bond donors (Lipinski definition) is 1. The van der Waals surface area contributed by atoms with Gasteiger partial charge < -0.3 is 19.3 Å². The van der Waals surface area contributed by atoms with E-state index in [1.807, 2.05) is 26.2 Å². The smallest absolute Gasteiger partial charge is 0.462 e. The van der Waals surface area contributed by atoms with Crippen LogP contribution < -0.4 is 0 Å². The summed E-state index contributed by atoms with van der Waals surface area (Å²) < 4.78 is 33.4. The summed E-state index contributed by atoms with van der Waals surface area (Å²) in [6.07, 6.45) is 59.7. The molecule has 0 heterocycles. The van der Waals surface area contributed by atoms with Crippen molar-refractivity contribution in [2.75, 3.05) is 40.5 Å². The summed E-state index contributed by atoms with van der Waals surface area (Å²) in [5.41, 5.74) is 0. The van der Waals surface area contributed by atoms with Crippen molar-refractivity contribution in [3.05, 3.63) is 122 Å². The molecule has 0 rings (SSSR count). The molecule has 9 nitrogen and oxygen atoms in total. The molecule has 0 amide bonds. The van der Waals surface area contributed by atoms with E-state index in [9.17, 15) is 19.0 Å². The molecule has 2 unspecified atom stereocenters. The van der Waals surface area contributed by atoms with Crippen molar-refractivity contribution in [1.29, 1.82) is 0 Å². The number of ether oxygens (including phenoxy) is 2. The Hall–Kier alpha value is -3.59. The maximum atomic E-state index is 12.7. The minimum atomic E-state index is -4.40. The van der Waals surface area contributed by atoms with Crippen LogP contribution in [0.2, 0.25) is 0 Å². The first-order chi connectivity index (χ1) is 29.7. The molecule has 0 radical (unpaired) electrons. The molecule has 0 fully saturated rings. The van der Waals surface area contributed by atoms with Gasteiger partial charge in [-0.15, -0.1) is 0 Å². The molecule has 344 valence electrons. The van der Waals surface area contributed by atoms with Gasteiger partial charge in [-0.1, -0.05) is 155 Å². The second kappa shape index (κ2) is 44.5. The van der Waals surface area contributed by atoms with Gasteiger partial charge in [0, 0.05) is 19.4 Å². The van der Waals surface area contributed by atoms with E-state index >= 15 is 0 Å². The molecule has 0 aromatic carbocycles. The number of nitrogens with zero attached hydrogens (tertiary/aromatic N) is 1. The number of likely N-dealkylation sites (N-methyl/N-ethyl adjacent to an activating group) is 1. The number of hydrogen-bond acceptors (Lipinski definition) is 8. The van der Waals surface area contributed by atoms with E-state index in [-0.39, 0.29) is 26.1 Å². The number of carbonyl (C=O) groups excluding carboxylic acids is 2. The fraction of sp³-hybridized carbons (Fsp3) is 0.569. The van der Waals surface area contributed by atoms with Crippen molar-refractivity contribution in [3.8, 4) is 0 Å². The van der Waals surface area contributed by atoms with Crippen LogP contribution in [0.25, 0.3) is 0 Å². The zero-order valence-electron chi connectivity index (χ0n) is 38.3. The standard InChI is InChI=1S/C51H82NO8P/c1-5-7-9-11-13-15-17-19-21-23-25-27-29-31-33-35-37-39-41-43-50(53)57-47-49(48-59-61(55,56)58-46-45-52(3)4)60-51(54)44-42-40-38-36-34-32-30-28-26-24-22-20-18-16-14-12-10-8-6-2/h8,10,13-16,19-22,25-28,31-34,37,39,49H,5-7,9,11-12,17-18,23-24,29-30,35-36,38,40-48H2,1-4H3,(H,55,56)/b10-8-,15-13-,16-14-,21-19-,22-20-,27-25-,28-26-,33-31-,34-32-,39-37-. The van der Waals surface area contributed by atoms with Crippen LogP contribution in [0.1, 0.15) is 142 Å². The fourth-order valence-electron chi connectivity index (χ4n) is 5.28. The lowest BCUT2D eigenvalue weighted by molar-refractivity contribution is -0.161. The number of phosphoric acid groups is 1. The van der Waals surface area contributed by atoms with Crippen LogP contribution in [-0.4, -0.2) is 68.3 Å². The highest BCUT2D eigenvalue weighted by Crippen LogP contribution is 2.43. The Bertz CT molecular complexity index is 1420. The number of carbonyl (C=O) groups is 2. The van der Waals surface area contributed by atoms with Crippen LogP contribution >= 0.6 is 7.82 Å². The van der Waals surface area contributed by atoms with Gasteiger partial charge >= 0.3 is 19.8 Å². The first-order valence-electron chi connectivity index (χ1n) is 22.8. The maximum Gasteiger partial charge on any atom is 0.472 e. The van der Waals surface area contributed by atoms with Gasteiger partial charge in [0.25, 0.3) is 0 Å². The van der Waals surface area contributed by atoms with E-state index in [0.29, 0.717) is 19.4 Å². The zero-order chi connectivity index (χ0) is 44.8. The van der Waals surface area contributed by atoms with Gasteiger partial charge in [-0.05, 0) is 110 Å². The second-order valence-electron chi connectivity index (χ2n) is 14.8. The molecule has 0 aliphatic rings. The third-order valence-corrected chi connectivity index (χ3v) is 9.75. The minimum Gasteiger partial charge on any atom is -0.462 e. The number of allylic oxidation sites excluding steroid dienone is 20. The van der Waals surface area contributed by atoms with Gasteiger partial charge in [-0.25, -0.2) is 4.57 Å². The molecule has 0 aliphatic carbocycles. The van der Waals surface area contributed by atoms with Crippen LogP contribution in [0.4, 0.5) is 0 Å². The average Bonchev–Trinajstić information content (AvgIpc) is 3.23. The van der Waals surface area contributed by atoms with Gasteiger partial charge in [0.05, 0.1) is 13.2 Å². The summed E-state index contributed by atoms with van der Waals surface area (Å²) in [6, 6.07) is 0. The quantitative estimate of drug-likeness (QED) is 0.0278. The Balaban J connectivity index is 4.48. The highest BCUT2D eigenvalue weighted by molar-refractivity contribution is 7.47. The van der Waals surface area contributed by atoms with Gasteiger partial charge in [-0.2, -0.15) is 0 Å². The Morgan fingerprint density at radius 2 is 0.967 bits per heavy atom. The molecule has 61 heavy (non-hydrogen) atoms. The van der Waals surface area contributed by atoms with Crippen molar-refractivity contribution in [3.63, 3.8) is 0 Å². The van der Waals surface area contributed by atoms with Crippen molar-refractivity contribution >= 4 is 19.8 Å². The van der Waals surface area contributed by atoms with E-state index in [1.165, 1.54) is 25.7 Å². The van der Waals surface area contributed by atoms with E-state index in [2.05, 4.69) is 123 Å². The summed E-state index contributed by atoms with van der Waals surface area (Å²) in [7, 11) is -0.780. The Morgan fingerprint density at radius 3 is 1.43 bits per heavy atom. The van der Waals surface area contributed by atoms with E-state index in [0.717, 1.165) is 77.0 Å². The Kier molecular flexibility index (Phi) is 41.8. The molecule has 0 aliphatic heterocycles. The van der Waals surface area contributed by atoms with Crippen LogP contribution in [0.5, 0.6) is 0 Å². The lowest BCUT2D eigenvalue weighted by atomic mass is 10.1. The van der Waals surface area contributed by atoms with Crippen LogP contribution in [0.3, 0.4) is 0 Å². The Morgan fingerprint density at radius 1 is 0.525 bits per heavy atom. The van der Waals surface area contributed by atoms with Gasteiger partial charge in [0.15, 0.2) is 6.10 Å². The maximum absolute atomic E-state index is 12.7.